The molecule has 0 fully saturated rings. The average Bonchev–Trinajstić information content (AvgIpc) is 3.12. The lowest BCUT2D eigenvalue weighted by atomic mass is 10.1. The molecule has 1 aromatic heterocycles. The van der Waals surface area contributed by atoms with E-state index in [1.54, 1.807) is 6.26 Å². The third kappa shape index (κ3) is 19.6. The van der Waals surface area contributed by atoms with Gasteiger partial charge in [0.1, 0.15) is 12.4 Å². The van der Waals surface area contributed by atoms with E-state index in [-0.39, 0.29) is 47.6 Å². The highest BCUT2D eigenvalue weighted by Crippen LogP contribution is 2.35. The smallest absolute Gasteiger partial charge is 0.205 e. The highest BCUT2D eigenvalue weighted by molar-refractivity contribution is 7.79. The maximum absolute atomic E-state index is 12.7. The lowest BCUT2D eigenvalue weighted by Crippen LogP contribution is -2.31. The highest BCUT2D eigenvalue weighted by atomic mass is 32.1. The Morgan fingerprint density at radius 2 is 1.36 bits per heavy atom. The van der Waals surface area contributed by atoms with Crippen LogP contribution in [0.4, 0.5) is 0 Å². The number of nitrogens with two attached hydrogens (primary N) is 3. The van der Waals surface area contributed by atoms with Crippen molar-refractivity contribution in [3.63, 3.8) is 0 Å². The lowest BCUT2D eigenvalue weighted by molar-refractivity contribution is -0.0112. The van der Waals surface area contributed by atoms with Crippen LogP contribution in [0.3, 0.4) is 0 Å². The van der Waals surface area contributed by atoms with Gasteiger partial charge in [-0.3, -0.25) is 4.79 Å². The summed E-state index contributed by atoms with van der Waals surface area (Å²) in [4.78, 5) is 12.7. The van der Waals surface area contributed by atoms with Gasteiger partial charge in [0.25, 0.3) is 0 Å². The molecule has 14 heteroatoms. The van der Waals surface area contributed by atoms with E-state index in [2.05, 4.69) is 12.6 Å². The lowest BCUT2D eigenvalue weighted by Gasteiger charge is -2.16. The van der Waals surface area contributed by atoms with Crippen LogP contribution in [0.1, 0.15) is 21.3 Å². The molecular formula is C36H58N4O9S. The van der Waals surface area contributed by atoms with Gasteiger partial charge in [0.15, 0.2) is 16.8 Å². The minimum atomic E-state index is -0.262. The topological polar surface area (TPSA) is 187 Å². The predicted molar refractivity (Wildman–Crippen MR) is 204 cm³/mol. The van der Waals surface area contributed by atoms with Crippen LogP contribution in [0.25, 0.3) is 22.3 Å². The number of hydrazine groups is 1. The molecule has 3 rings (SSSR count). The minimum Gasteiger partial charge on any atom is -0.504 e. The number of fused-ring (bicyclic) bond motifs is 1. The zero-order valence-electron chi connectivity index (χ0n) is 28.9. The SMILES string of the molecule is C.C/C=C\C.CS.NCCOCCOCCOCCOCCOCCN(N)/C=C(\N)COc1c(O)ccc2c(=O)cc(-c3ccccc3)oc12. The molecule has 0 unspecified atom stereocenters. The van der Waals surface area contributed by atoms with Crippen LogP contribution >= 0.6 is 12.6 Å². The van der Waals surface area contributed by atoms with Crippen molar-refractivity contribution in [2.75, 3.05) is 92.0 Å². The fourth-order valence-electron chi connectivity index (χ4n) is 3.77. The molecule has 0 radical (unpaired) electrons. The van der Waals surface area contributed by atoms with Gasteiger partial charge in [0.05, 0.1) is 83.7 Å². The van der Waals surface area contributed by atoms with Gasteiger partial charge < -0.3 is 54.4 Å². The molecule has 7 N–H and O–H groups in total. The van der Waals surface area contributed by atoms with E-state index in [0.717, 1.165) is 5.56 Å². The van der Waals surface area contributed by atoms with Gasteiger partial charge in [-0.05, 0) is 32.2 Å². The van der Waals surface area contributed by atoms with E-state index in [4.69, 9.17) is 50.1 Å². The molecule has 0 aliphatic rings. The molecule has 0 saturated heterocycles. The summed E-state index contributed by atoms with van der Waals surface area (Å²) < 4.78 is 38.7. The van der Waals surface area contributed by atoms with Gasteiger partial charge in [0, 0.05) is 24.4 Å². The molecule has 13 nitrogen and oxygen atoms in total. The Hall–Kier alpha value is -3.60. The van der Waals surface area contributed by atoms with E-state index < -0.39 is 0 Å². The maximum Gasteiger partial charge on any atom is 0.205 e. The summed E-state index contributed by atoms with van der Waals surface area (Å²) in [6.07, 6.45) is 7.20. The van der Waals surface area contributed by atoms with Crippen molar-refractivity contribution in [2.24, 2.45) is 17.3 Å². The first-order chi connectivity index (χ1) is 23.9. The summed E-state index contributed by atoms with van der Waals surface area (Å²) in [7, 11) is 0. The van der Waals surface area contributed by atoms with Crippen LogP contribution in [-0.2, 0) is 23.7 Å². The number of benzene rings is 2. The van der Waals surface area contributed by atoms with E-state index in [9.17, 15) is 9.90 Å². The molecule has 0 bridgehead atoms. The molecule has 0 aliphatic heterocycles. The molecule has 3 aromatic rings. The van der Waals surface area contributed by atoms with E-state index in [1.807, 2.05) is 56.3 Å². The number of hydrogen-bond acceptors (Lipinski definition) is 14. The van der Waals surface area contributed by atoms with Crippen LogP contribution in [0, 0.1) is 0 Å². The summed E-state index contributed by atoms with van der Waals surface area (Å²) in [6.45, 7) is 9.42. The highest BCUT2D eigenvalue weighted by Gasteiger charge is 2.16. The maximum atomic E-state index is 12.7. The molecule has 1 heterocycles. The van der Waals surface area contributed by atoms with Crippen molar-refractivity contribution in [3.05, 3.63) is 82.8 Å². The number of thiol groups is 1. The molecule has 0 atom stereocenters. The second-order valence-electron chi connectivity index (χ2n) is 9.88. The number of nitrogens with zero attached hydrogens (tertiary/aromatic N) is 1. The Labute approximate surface area is 302 Å². The molecule has 2 aromatic carbocycles. The Kier molecular flexibility index (Phi) is 28.1. The quantitative estimate of drug-likeness (QED) is 0.0325. The van der Waals surface area contributed by atoms with E-state index >= 15 is 0 Å². The van der Waals surface area contributed by atoms with Crippen LogP contribution in [0.15, 0.2) is 81.8 Å². The molecule has 0 amide bonds. The first kappa shape index (κ1) is 46.4. The normalized spacial score (nSPS) is 11.0. The zero-order chi connectivity index (χ0) is 36.1. The van der Waals surface area contributed by atoms with E-state index in [0.29, 0.717) is 84.9 Å². The first-order valence-electron chi connectivity index (χ1n) is 16.0. The summed E-state index contributed by atoms with van der Waals surface area (Å²) in [5, 5.41) is 12.1. The van der Waals surface area contributed by atoms with Crippen LogP contribution < -0.4 is 27.5 Å². The van der Waals surface area contributed by atoms with Gasteiger partial charge in [-0.1, -0.05) is 49.9 Å². The van der Waals surface area contributed by atoms with Crippen molar-refractivity contribution >= 4 is 23.6 Å². The molecule has 0 spiro atoms. The summed E-state index contributed by atoms with van der Waals surface area (Å²) in [5.74, 6) is 6.17. The average molecular weight is 723 g/mol. The second-order valence-corrected chi connectivity index (χ2v) is 9.88. The van der Waals surface area contributed by atoms with Gasteiger partial charge >= 0.3 is 0 Å². The number of phenolic OH excluding ortho intramolecular Hbond substituents is 1. The van der Waals surface area contributed by atoms with E-state index in [1.165, 1.54) is 29.4 Å². The Balaban J connectivity index is 0.00000319. The van der Waals surface area contributed by atoms with Crippen molar-refractivity contribution in [2.45, 2.75) is 21.3 Å². The Morgan fingerprint density at radius 3 is 1.88 bits per heavy atom. The third-order valence-electron chi connectivity index (χ3n) is 6.18. The minimum absolute atomic E-state index is 0. The van der Waals surface area contributed by atoms with Crippen LogP contribution in [0.2, 0.25) is 0 Å². The number of allylic oxidation sites excluding steroid dienone is 2. The van der Waals surface area contributed by atoms with Crippen molar-refractivity contribution < 1.29 is 37.9 Å². The molecule has 0 saturated carbocycles. The van der Waals surface area contributed by atoms with Gasteiger partial charge in [-0.15, -0.1) is 0 Å². The van der Waals surface area contributed by atoms with Crippen LogP contribution in [0.5, 0.6) is 11.5 Å². The largest absolute Gasteiger partial charge is 0.504 e. The monoisotopic (exact) mass is 722 g/mol. The number of aromatic hydroxyl groups is 1. The zero-order valence-corrected chi connectivity index (χ0v) is 29.8. The Morgan fingerprint density at radius 1 is 0.840 bits per heavy atom. The standard InChI is InChI=1S/C30H42N4O9.C4H8.CH4S.CH4/c31-8-10-37-12-14-39-16-18-41-19-17-40-15-13-38-11-9-34(33)21-24(32)22-42-30-26(35)7-6-25-27(36)20-28(43-29(25)30)23-4-2-1-3-5-23;1-3-4-2;1-2;/h1-7,20-21,35H,8-19,22,31-33H2;3-4H,1-2H3;2H,1H3;1H4/b24-21-;4-3-;;. The van der Waals surface area contributed by atoms with Crippen molar-refractivity contribution in [1.82, 2.24) is 5.01 Å². The van der Waals surface area contributed by atoms with Crippen molar-refractivity contribution in [3.8, 4) is 22.8 Å². The van der Waals surface area contributed by atoms with Crippen molar-refractivity contribution in [1.29, 1.82) is 0 Å². The number of hydrogen-bond donors (Lipinski definition) is 5. The fraction of sp³-hybridized carbons (Fsp3) is 0.472. The van der Waals surface area contributed by atoms with Gasteiger partial charge in [-0.25, -0.2) is 5.84 Å². The molecule has 282 valence electrons. The summed E-state index contributed by atoms with van der Waals surface area (Å²) >= 11 is 3.53. The van der Waals surface area contributed by atoms with Gasteiger partial charge in [-0.2, -0.15) is 12.6 Å². The summed E-state index contributed by atoms with van der Waals surface area (Å²) in [5.41, 5.74) is 12.3. The third-order valence-corrected chi connectivity index (χ3v) is 6.18. The number of phenols is 1. The summed E-state index contributed by atoms with van der Waals surface area (Å²) in [6, 6.07) is 13.4. The van der Waals surface area contributed by atoms with Crippen LogP contribution in [-0.4, -0.2) is 102 Å². The predicted octanol–water partition coefficient (Wildman–Crippen LogP) is 4.33. The number of ether oxygens (including phenoxy) is 6. The fourth-order valence-corrected chi connectivity index (χ4v) is 3.77. The van der Waals surface area contributed by atoms with Gasteiger partial charge in [0.2, 0.25) is 5.75 Å². The molecular weight excluding hydrogens is 664 g/mol. The second kappa shape index (κ2) is 30.2. The first-order valence-corrected chi connectivity index (χ1v) is 16.9. The molecule has 50 heavy (non-hydrogen) atoms. The molecule has 0 aliphatic carbocycles. The Bertz CT molecular complexity index is 1390. The number of rotatable bonds is 22.